The number of nitrogens with two attached hydrogens (primary N) is 1. The minimum Gasteiger partial charge on any atom is -0.397 e. The van der Waals surface area contributed by atoms with Crippen LogP contribution in [0.3, 0.4) is 0 Å². The number of anilines is 2. The molecule has 1 aliphatic heterocycles. The van der Waals surface area contributed by atoms with E-state index < -0.39 is 29.4 Å². The molecule has 0 saturated carbocycles. The number of hydrogen-bond acceptors (Lipinski definition) is 7. The zero-order valence-electron chi connectivity index (χ0n) is 20.5. The van der Waals surface area contributed by atoms with E-state index in [1.54, 1.807) is 6.07 Å². The monoisotopic (exact) mass is 544 g/mol. The number of aromatic nitrogens is 5. The molecule has 4 aromatic rings. The van der Waals surface area contributed by atoms with Gasteiger partial charge in [-0.15, -0.1) is 0 Å². The molecule has 0 spiro atoms. The van der Waals surface area contributed by atoms with Gasteiger partial charge in [0.1, 0.15) is 28.8 Å². The van der Waals surface area contributed by atoms with Gasteiger partial charge in [-0.1, -0.05) is 0 Å². The fraction of sp³-hybridized carbons (Fsp3) is 0.240. The molecular formula is C25H21F5N8O. The maximum Gasteiger partial charge on any atom is 0.435 e. The zero-order valence-corrected chi connectivity index (χ0v) is 20.5. The van der Waals surface area contributed by atoms with Crippen molar-refractivity contribution in [1.29, 1.82) is 0 Å². The summed E-state index contributed by atoms with van der Waals surface area (Å²) in [6, 6.07) is 5.47. The summed E-state index contributed by atoms with van der Waals surface area (Å²) in [6.07, 6.45) is -0.306. The standard InChI is InChI=1S/C25H21F5N8O/c1-36-19(11-20(35-36)25(28,29)30)24(39)38-8-6-37(7-9-38)21-13-33-22(15-3-2-14(26)10-17(15)27)23(34-21)16-4-5-32-12-18(16)31/h2-5,10-13H,6-9,31H2,1H3. The summed E-state index contributed by atoms with van der Waals surface area (Å²) >= 11 is 0. The largest absolute Gasteiger partial charge is 0.435 e. The second-order valence-corrected chi connectivity index (χ2v) is 8.83. The first-order valence-corrected chi connectivity index (χ1v) is 11.7. The first-order chi connectivity index (χ1) is 18.5. The number of aryl methyl sites for hydroxylation is 1. The van der Waals surface area contributed by atoms with Crippen molar-refractivity contribution in [2.24, 2.45) is 7.05 Å². The third-order valence-electron chi connectivity index (χ3n) is 6.33. The van der Waals surface area contributed by atoms with Crippen LogP contribution in [0.2, 0.25) is 0 Å². The molecule has 0 aliphatic carbocycles. The number of hydrogen-bond donors (Lipinski definition) is 1. The lowest BCUT2D eigenvalue weighted by molar-refractivity contribution is -0.141. The molecule has 1 aliphatic rings. The second kappa shape index (κ2) is 9.93. The quantitative estimate of drug-likeness (QED) is 0.390. The summed E-state index contributed by atoms with van der Waals surface area (Å²) in [5.41, 5.74) is 5.98. The molecule has 9 nitrogen and oxygen atoms in total. The smallest absolute Gasteiger partial charge is 0.397 e. The van der Waals surface area contributed by atoms with Gasteiger partial charge in [0.05, 0.1) is 23.8 Å². The van der Waals surface area contributed by atoms with Crippen molar-refractivity contribution in [3.63, 3.8) is 0 Å². The number of carbonyl (C=O) groups excluding carboxylic acids is 1. The van der Waals surface area contributed by atoms with Crippen LogP contribution >= 0.6 is 0 Å². The van der Waals surface area contributed by atoms with E-state index in [0.717, 1.165) is 22.9 Å². The Morgan fingerprint density at radius 1 is 0.974 bits per heavy atom. The minimum atomic E-state index is -4.66. The van der Waals surface area contributed by atoms with Crippen LogP contribution < -0.4 is 10.6 Å². The van der Waals surface area contributed by atoms with E-state index in [1.807, 2.05) is 4.90 Å². The van der Waals surface area contributed by atoms with Crippen molar-refractivity contribution >= 4 is 17.4 Å². The van der Waals surface area contributed by atoms with Crippen molar-refractivity contribution in [2.45, 2.75) is 6.18 Å². The number of nitrogens with zero attached hydrogens (tertiary/aromatic N) is 7. The van der Waals surface area contributed by atoms with Gasteiger partial charge in [-0.2, -0.15) is 18.3 Å². The van der Waals surface area contributed by atoms with Crippen molar-refractivity contribution in [3.8, 4) is 22.5 Å². The van der Waals surface area contributed by atoms with Crippen LogP contribution in [-0.2, 0) is 13.2 Å². The van der Waals surface area contributed by atoms with Crippen LogP contribution in [0.4, 0.5) is 33.5 Å². The Morgan fingerprint density at radius 2 is 1.72 bits per heavy atom. The normalized spacial score (nSPS) is 14.1. The number of pyridine rings is 1. The molecule has 0 unspecified atom stereocenters. The molecule has 4 heterocycles. The fourth-order valence-corrected chi connectivity index (χ4v) is 4.33. The van der Waals surface area contributed by atoms with Crippen LogP contribution in [0.25, 0.3) is 22.5 Å². The summed E-state index contributed by atoms with van der Waals surface area (Å²) in [4.78, 5) is 29.3. The molecule has 3 aromatic heterocycles. The van der Waals surface area contributed by atoms with E-state index in [4.69, 9.17) is 10.7 Å². The summed E-state index contributed by atoms with van der Waals surface area (Å²) in [5, 5.41) is 3.40. The summed E-state index contributed by atoms with van der Waals surface area (Å²) < 4.78 is 68.2. The molecule has 1 aromatic carbocycles. The lowest BCUT2D eigenvalue weighted by Gasteiger charge is -2.35. The number of rotatable bonds is 4. The Labute approximate surface area is 218 Å². The highest BCUT2D eigenvalue weighted by molar-refractivity contribution is 5.93. The molecule has 1 amide bonds. The van der Waals surface area contributed by atoms with Crippen LogP contribution in [-0.4, -0.2) is 61.7 Å². The van der Waals surface area contributed by atoms with E-state index in [0.29, 0.717) is 24.5 Å². The van der Waals surface area contributed by atoms with Gasteiger partial charge in [0.2, 0.25) is 0 Å². The molecule has 1 saturated heterocycles. The number of piperazine rings is 1. The highest BCUT2D eigenvalue weighted by Gasteiger charge is 2.36. The van der Waals surface area contributed by atoms with E-state index >= 15 is 0 Å². The lowest BCUT2D eigenvalue weighted by Crippen LogP contribution is -2.49. The number of alkyl halides is 3. The molecule has 0 bridgehead atoms. The lowest BCUT2D eigenvalue weighted by atomic mass is 10.0. The third-order valence-corrected chi connectivity index (χ3v) is 6.33. The number of halogens is 5. The van der Waals surface area contributed by atoms with Crippen molar-refractivity contribution in [3.05, 3.63) is 71.9 Å². The molecule has 14 heteroatoms. The molecule has 39 heavy (non-hydrogen) atoms. The van der Waals surface area contributed by atoms with Gasteiger partial charge >= 0.3 is 6.18 Å². The fourth-order valence-electron chi connectivity index (χ4n) is 4.33. The van der Waals surface area contributed by atoms with Crippen LogP contribution in [0.5, 0.6) is 0 Å². The van der Waals surface area contributed by atoms with Crippen molar-refractivity contribution in [2.75, 3.05) is 36.8 Å². The van der Waals surface area contributed by atoms with Crippen LogP contribution in [0.15, 0.2) is 48.9 Å². The molecule has 2 N–H and O–H groups in total. The first-order valence-electron chi connectivity index (χ1n) is 11.7. The van der Waals surface area contributed by atoms with Crippen LogP contribution in [0, 0.1) is 11.6 Å². The average molecular weight is 544 g/mol. The van der Waals surface area contributed by atoms with E-state index in [-0.39, 0.29) is 41.4 Å². The maximum absolute atomic E-state index is 14.7. The van der Waals surface area contributed by atoms with Gasteiger partial charge in [0.15, 0.2) is 5.69 Å². The Kier molecular flexibility index (Phi) is 6.62. The topological polar surface area (TPSA) is 106 Å². The predicted molar refractivity (Wildman–Crippen MR) is 131 cm³/mol. The highest BCUT2D eigenvalue weighted by Crippen LogP contribution is 2.35. The predicted octanol–water partition coefficient (Wildman–Crippen LogP) is 3.78. The first kappa shape index (κ1) is 26.0. The Bertz CT molecular complexity index is 1550. The highest BCUT2D eigenvalue weighted by atomic mass is 19.4. The Morgan fingerprint density at radius 3 is 2.36 bits per heavy atom. The number of amides is 1. The Balaban J connectivity index is 1.41. The van der Waals surface area contributed by atoms with Gasteiger partial charge in [-0.25, -0.2) is 18.7 Å². The summed E-state index contributed by atoms with van der Waals surface area (Å²) in [7, 11) is 1.28. The van der Waals surface area contributed by atoms with E-state index in [2.05, 4.69) is 15.1 Å². The molecule has 1 fully saturated rings. The maximum atomic E-state index is 14.7. The average Bonchev–Trinajstić information content (AvgIpc) is 3.31. The van der Waals surface area contributed by atoms with Gasteiger partial charge in [0, 0.05) is 62.7 Å². The van der Waals surface area contributed by atoms with Gasteiger partial charge in [-0.3, -0.25) is 14.5 Å². The molecule has 5 rings (SSSR count). The number of carbonyl (C=O) groups is 1. The number of benzene rings is 1. The molecular weight excluding hydrogens is 523 g/mol. The Hall–Kier alpha value is -4.62. The summed E-state index contributed by atoms with van der Waals surface area (Å²) in [5.74, 6) is -1.71. The molecule has 0 radical (unpaired) electrons. The van der Waals surface area contributed by atoms with Crippen molar-refractivity contribution < 1.29 is 26.7 Å². The SMILES string of the molecule is Cn1nc(C(F)(F)F)cc1C(=O)N1CCN(c2cnc(-c3ccc(F)cc3F)c(-c3ccncc3N)n2)CC1. The van der Waals surface area contributed by atoms with Crippen molar-refractivity contribution in [1.82, 2.24) is 29.6 Å². The number of nitrogen functional groups attached to an aromatic ring is 1. The zero-order chi connectivity index (χ0) is 27.9. The second-order valence-electron chi connectivity index (χ2n) is 8.83. The third kappa shape index (κ3) is 5.09. The van der Waals surface area contributed by atoms with E-state index in [1.165, 1.54) is 36.6 Å². The minimum absolute atomic E-state index is 0.0338. The molecule has 0 atom stereocenters. The molecule has 202 valence electrons. The van der Waals surface area contributed by atoms with Crippen LogP contribution in [0.1, 0.15) is 16.2 Å². The summed E-state index contributed by atoms with van der Waals surface area (Å²) in [6.45, 7) is 1.02. The van der Waals surface area contributed by atoms with Gasteiger partial charge < -0.3 is 15.5 Å². The van der Waals surface area contributed by atoms with Gasteiger partial charge in [0.25, 0.3) is 5.91 Å². The van der Waals surface area contributed by atoms with Gasteiger partial charge in [-0.05, 0) is 18.2 Å². The van der Waals surface area contributed by atoms with E-state index in [9.17, 15) is 26.7 Å².